The van der Waals surface area contributed by atoms with Gasteiger partial charge in [0.2, 0.25) is 0 Å². The molecule has 14 heteroatoms. The highest BCUT2D eigenvalue weighted by Crippen LogP contribution is 2.35. The number of rotatable bonds is 4. The summed E-state index contributed by atoms with van der Waals surface area (Å²) >= 11 is 0. The summed E-state index contributed by atoms with van der Waals surface area (Å²) in [6, 6.07) is 4.33. The van der Waals surface area contributed by atoms with Crippen molar-refractivity contribution >= 4 is 27.0 Å². The minimum Gasteiger partial charge on any atom is -0.448 e. The number of fused-ring (bicyclic) bond motifs is 1. The predicted octanol–water partition coefficient (Wildman–Crippen LogP) is 1.55. The molecule has 2 aromatic heterocycles. The van der Waals surface area contributed by atoms with Crippen LogP contribution in [0.1, 0.15) is 12.5 Å². The average molecular weight is 460 g/mol. The van der Waals surface area contributed by atoms with Crippen molar-refractivity contribution in [1.82, 2.24) is 14.2 Å². The number of aromatic nitrogens is 3. The van der Waals surface area contributed by atoms with Crippen molar-refractivity contribution in [1.29, 1.82) is 0 Å². The molecule has 0 aliphatic heterocycles. The maximum atomic E-state index is 13.6. The van der Waals surface area contributed by atoms with Crippen LogP contribution in [-0.4, -0.2) is 41.6 Å². The molecule has 0 unspecified atom stereocenters. The summed E-state index contributed by atoms with van der Waals surface area (Å²) in [5.74, 6) is 0. The molecule has 1 aromatic carbocycles. The van der Waals surface area contributed by atoms with Crippen molar-refractivity contribution < 1.29 is 31.1 Å². The van der Waals surface area contributed by atoms with Gasteiger partial charge in [0.25, 0.3) is 15.6 Å². The Morgan fingerprint density at radius 1 is 1.19 bits per heavy atom. The van der Waals surface area contributed by atoms with Crippen molar-refractivity contribution in [2.24, 2.45) is 0 Å². The Morgan fingerprint density at radius 3 is 2.32 bits per heavy atom. The minimum absolute atomic E-state index is 0.0393. The molecule has 0 saturated carbocycles. The van der Waals surface area contributed by atoms with Gasteiger partial charge in [-0.2, -0.15) is 13.2 Å². The maximum absolute atomic E-state index is 13.6. The molecular weight excluding hydrogens is 445 g/mol. The van der Waals surface area contributed by atoms with E-state index in [0.29, 0.717) is 12.3 Å². The minimum atomic E-state index is -4.83. The molecule has 0 atom stereocenters. The SMILES string of the molecule is CCOC(=O)N(n1c(=O)[nH]c2cc(C(F)(F)F)c(-n3cccc3)cc2c1=O)S(C)(=O)=O. The number of H-pyrrole nitrogens is 1. The quantitative estimate of drug-likeness (QED) is 0.630. The summed E-state index contributed by atoms with van der Waals surface area (Å²) in [6.45, 7) is 1.10. The number of alkyl halides is 3. The zero-order valence-electron chi connectivity index (χ0n) is 16.0. The molecule has 0 spiro atoms. The van der Waals surface area contributed by atoms with E-state index in [0.717, 1.165) is 10.6 Å². The molecule has 31 heavy (non-hydrogen) atoms. The fraction of sp³-hybridized carbons (Fsp3) is 0.235. The number of benzene rings is 1. The monoisotopic (exact) mass is 460 g/mol. The van der Waals surface area contributed by atoms with E-state index in [2.05, 4.69) is 4.74 Å². The standard InChI is InChI=1S/C17H15F3N4O6S/c1-3-30-16(27)24(31(2,28)29)23-14(25)10-8-13(22-6-4-5-7-22)11(17(18,19)20)9-12(10)21-15(23)26/h4-9H,3H2,1-2H3,(H,21,26). The average Bonchev–Trinajstić information content (AvgIpc) is 3.17. The molecule has 2 heterocycles. The lowest BCUT2D eigenvalue weighted by Gasteiger charge is -2.21. The molecule has 0 saturated heterocycles. The van der Waals surface area contributed by atoms with Gasteiger partial charge in [-0.3, -0.25) is 4.79 Å². The Bertz CT molecular complexity index is 1370. The fourth-order valence-corrected chi connectivity index (χ4v) is 3.66. The van der Waals surface area contributed by atoms with E-state index in [1.165, 1.54) is 31.5 Å². The molecule has 0 fully saturated rings. The van der Waals surface area contributed by atoms with Crippen molar-refractivity contribution in [2.75, 3.05) is 17.3 Å². The van der Waals surface area contributed by atoms with Gasteiger partial charge in [0.1, 0.15) is 0 Å². The number of carbonyl (C=O) groups excluding carboxylic acids is 1. The van der Waals surface area contributed by atoms with Crippen LogP contribution >= 0.6 is 0 Å². The Labute approximate surface area is 172 Å². The number of carbonyl (C=O) groups is 1. The summed E-state index contributed by atoms with van der Waals surface area (Å²) < 4.78 is 70.4. The largest absolute Gasteiger partial charge is 0.448 e. The van der Waals surface area contributed by atoms with Crippen molar-refractivity contribution in [3.05, 3.63) is 63.1 Å². The fourth-order valence-electron chi connectivity index (χ4n) is 2.89. The van der Waals surface area contributed by atoms with Gasteiger partial charge in [0, 0.05) is 12.4 Å². The first-order chi connectivity index (χ1) is 14.4. The third-order valence-corrected chi connectivity index (χ3v) is 5.04. The Hall–Kier alpha value is -3.55. The molecular formula is C17H15F3N4O6S. The summed E-state index contributed by atoms with van der Waals surface area (Å²) in [4.78, 5) is 39.5. The third kappa shape index (κ3) is 4.05. The number of hydrogen-bond acceptors (Lipinski definition) is 6. The Balaban J connectivity index is 2.42. The lowest BCUT2D eigenvalue weighted by Crippen LogP contribution is -2.56. The number of aromatic amines is 1. The van der Waals surface area contributed by atoms with E-state index in [1.54, 1.807) is 0 Å². The number of amides is 1. The second-order valence-corrected chi connectivity index (χ2v) is 8.07. The molecule has 166 valence electrons. The number of halogens is 3. The van der Waals surface area contributed by atoms with E-state index in [9.17, 15) is 36.0 Å². The molecule has 1 N–H and O–H groups in total. The van der Waals surface area contributed by atoms with Gasteiger partial charge in [0.15, 0.2) is 0 Å². The van der Waals surface area contributed by atoms with Crippen LogP contribution in [-0.2, 0) is 20.9 Å². The van der Waals surface area contributed by atoms with E-state index >= 15 is 0 Å². The Morgan fingerprint density at radius 2 is 1.81 bits per heavy atom. The first-order valence-corrected chi connectivity index (χ1v) is 10.4. The zero-order valence-corrected chi connectivity index (χ0v) is 16.8. The van der Waals surface area contributed by atoms with Crippen LogP contribution < -0.4 is 15.7 Å². The van der Waals surface area contributed by atoms with Crippen LogP contribution in [0.25, 0.3) is 16.6 Å². The number of hydrogen-bond donors (Lipinski definition) is 1. The molecule has 0 radical (unpaired) electrons. The zero-order chi connectivity index (χ0) is 23.1. The van der Waals surface area contributed by atoms with Gasteiger partial charge < -0.3 is 14.3 Å². The summed E-state index contributed by atoms with van der Waals surface area (Å²) in [5.41, 5.74) is -4.86. The highest BCUT2D eigenvalue weighted by Gasteiger charge is 2.36. The smallest absolute Gasteiger partial charge is 0.444 e. The highest BCUT2D eigenvalue weighted by atomic mass is 32.2. The Kier molecular flexibility index (Phi) is 5.43. The van der Waals surface area contributed by atoms with Crippen LogP contribution in [0.2, 0.25) is 0 Å². The highest BCUT2D eigenvalue weighted by molar-refractivity contribution is 7.92. The van der Waals surface area contributed by atoms with Gasteiger partial charge in [-0.1, -0.05) is 4.41 Å². The van der Waals surface area contributed by atoms with Crippen molar-refractivity contribution in [3.8, 4) is 5.69 Å². The molecule has 0 aliphatic carbocycles. The number of sulfonamides is 1. The van der Waals surface area contributed by atoms with E-state index in [1.807, 2.05) is 4.98 Å². The van der Waals surface area contributed by atoms with E-state index in [-0.39, 0.29) is 15.7 Å². The molecule has 1 amide bonds. The van der Waals surface area contributed by atoms with Crippen LogP contribution in [0.5, 0.6) is 0 Å². The predicted molar refractivity (Wildman–Crippen MR) is 103 cm³/mol. The maximum Gasteiger partial charge on any atom is 0.444 e. The van der Waals surface area contributed by atoms with Gasteiger partial charge in [0.05, 0.1) is 35.0 Å². The molecule has 3 aromatic rings. The molecule has 10 nitrogen and oxygen atoms in total. The number of nitrogens with zero attached hydrogens (tertiary/aromatic N) is 3. The first kappa shape index (κ1) is 22.1. The van der Waals surface area contributed by atoms with Crippen LogP contribution in [0.3, 0.4) is 0 Å². The van der Waals surface area contributed by atoms with Crippen LogP contribution in [0.4, 0.5) is 18.0 Å². The molecule has 0 bridgehead atoms. The van der Waals surface area contributed by atoms with Crippen molar-refractivity contribution in [2.45, 2.75) is 13.1 Å². The van der Waals surface area contributed by atoms with E-state index < -0.39 is 55.7 Å². The van der Waals surface area contributed by atoms with Crippen LogP contribution in [0.15, 0.2) is 46.2 Å². The van der Waals surface area contributed by atoms with Crippen molar-refractivity contribution in [3.63, 3.8) is 0 Å². The van der Waals surface area contributed by atoms with Gasteiger partial charge >= 0.3 is 18.0 Å². The summed E-state index contributed by atoms with van der Waals surface area (Å²) in [6.07, 6.45) is -3.19. The third-order valence-electron chi connectivity index (χ3n) is 4.10. The van der Waals surface area contributed by atoms with Gasteiger partial charge in [-0.05, 0) is 31.2 Å². The lowest BCUT2D eigenvalue weighted by atomic mass is 10.1. The van der Waals surface area contributed by atoms with Gasteiger partial charge in [-0.15, -0.1) is 4.68 Å². The van der Waals surface area contributed by atoms with Gasteiger partial charge in [-0.25, -0.2) is 18.0 Å². The second-order valence-electron chi connectivity index (χ2n) is 6.25. The molecule has 3 rings (SSSR count). The number of ether oxygens (including phenoxy) is 1. The summed E-state index contributed by atoms with van der Waals surface area (Å²) in [7, 11) is -4.52. The normalized spacial score (nSPS) is 12.2. The van der Waals surface area contributed by atoms with Crippen LogP contribution in [0, 0.1) is 0 Å². The topological polar surface area (TPSA) is 123 Å². The summed E-state index contributed by atoms with van der Waals surface area (Å²) in [5, 5.41) is -0.464. The first-order valence-electron chi connectivity index (χ1n) is 8.57. The lowest BCUT2D eigenvalue weighted by molar-refractivity contribution is -0.137. The van der Waals surface area contributed by atoms with E-state index in [4.69, 9.17) is 0 Å². The molecule has 0 aliphatic rings. The number of nitrogens with one attached hydrogen (secondary N) is 1. The second kappa shape index (κ2) is 7.61.